The van der Waals surface area contributed by atoms with Crippen LogP contribution in [0.1, 0.15) is 24.3 Å². The predicted molar refractivity (Wildman–Crippen MR) is 74.3 cm³/mol. The molecule has 2 N–H and O–H groups in total. The van der Waals surface area contributed by atoms with Crippen LogP contribution in [-0.4, -0.2) is 70.5 Å². The molecule has 0 radical (unpaired) electrons. The molecule has 2 rings (SSSR count). The standard InChI is InChI=1S/C14H23N3O2/c1-14(2,19)11-17-8-6-16(7-9-17)10-13(18)12-4-3-5-15-12/h3-5,15,19H,6-11H2,1-2H3. The van der Waals surface area contributed by atoms with E-state index in [0.717, 1.165) is 26.2 Å². The van der Waals surface area contributed by atoms with Crippen molar-refractivity contribution in [3.05, 3.63) is 24.0 Å². The molecule has 1 aromatic heterocycles. The third-order valence-electron chi connectivity index (χ3n) is 3.34. The number of β-amino-alcohol motifs (C(OH)–C–C–N with tert-alkyl or cyclic N) is 1. The summed E-state index contributed by atoms with van der Waals surface area (Å²) in [5.41, 5.74) is 0.0290. The molecule has 1 aliphatic rings. The van der Waals surface area contributed by atoms with E-state index in [0.29, 0.717) is 18.8 Å². The van der Waals surface area contributed by atoms with Gasteiger partial charge in [-0.3, -0.25) is 14.6 Å². The summed E-state index contributed by atoms with van der Waals surface area (Å²) in [5, 5.41) is 9.79. The molecule has 0 aromatic carbocycles. The van der Waals surface area contributed by atoms with Gasteiger partial charge in [-0.25, -0.2) is 0 Å². The van der Waals surface area contributed by atoms with Gasteiger partial charge in [0.1, 0.15) is 0 Å². The number of ketones is 1. The summed E-state index contributed by atoms with van der Waals surface area (Å²) in [6, 6.07) is 3.65. The third-order valence-corrected chi connectivity index (χ3v) is 3.34. The van der Waals surface area contributed by atoms with Crippen LogP contribution in [0.25, 0.3) is 0 Å². The lowest BCUT2D eigenvalue weighted by atomic mass is 10.1. The van der Waals surface area contributed by atoms with E-state index in [-0.39, 0.29) is 5.78 Å². The Morgan fingerprint density at radius 3 is 2.47 bits per heavy atom. The van der Waals surface area contributed by atoms with Crippen LogP contribution in [0, 0.1) is 0 Å². The number of H-pyrrole nitrogens is 1. The van der Waals surface area contributed by atoms with Gasteiger partial charge in [-0.1, -0.05) is 0 Å². The summed E-state index contributed by atoms with van der Waals surface area (Å²) < 4.78 is 0. The maximum atomic E-state index is 12.0. The minimum Gasteiger partial charge on any atom is -0.389 e. The van der Waals surface area contributed by atoms with E-state index in [1.807, 2.05) is 26.0 Å². The average molecular weight is 265 g/mol. The van der Waals surface area contributed by atoms with Crippen LogP contribution in [-0.2, 0) is 0 Å². The molecule has 1 aromatic rings. The second kappa shape index (κ2) is 5.86. The summed E-state index contributed by atoms with van der Waals surface area (Å²) in [7, 11) is 0. The van der Waals surface area contributed by atoms with Crippen molar-refractivity contribution in [3.63, 3.8) is 0 Å². The molecule has 0 spiro atoms. The Morgan fingerprint density at radius 2 is 1.95 bits per heavy atom. The number of aliphatic hydroxyl groups is 1. The highest BCUT2D eigenvalue weighted by atomic mass is 16.3. The van der Waals surface area contributed by atoms with Crippen molar-refractivity contribution in [2.24, 2.45) is 0 Å². The highest BCUT2D eigenvalue weighted by molar-refractivity contribution is 5.95. The first-order chi connectivity index (χ1) is 8.94. The fraction of sp³-hybridized carbons (Fsp3) is 0.643. The van der Waals surface area contributed by atoms with Crippen molar-refractivity contribution in [1.82, 2.24) is 14.8 Å². The molecule has 0 aliphatic carbocycles. The number of nitrogens with one attached hydrogen (secondary N) is 1. The van der Waals surface area contributed by atoms with E-state index in [4.69, 9.17) is 0 Å². The number of Topliss-reactive ketones (excluding diaryl/α,β-unsaturated/α-hetero) is 1. The number of carbonyl (C=O) groups is 1. The molecule has 1 aliphatic heterocycles. The zero-order chi connectivity index (χ0) is 13.9. The Bertz CT molecular complexity index is 401. The summed E-state index contributed by atoms with van der Waals surface area (Å²) in [5.74, 6) is 0.140. The smallest absolute Gasteiger partial charge is 0.192 e. The SMILES string of the molecule is CC(C)(O)CN1CCN(CC(=O)c2ccc[nH]2)CC1. The summed E-state index contributed by atoms with van der Waals surface area (Å²) in [4.78, 5) is 19.3. The first-order valence-corrected chi connectivity index (χ1v) is 6.78. The third kappa shape index (κ3) is 4.45. The van der Waals surface area contributed by atoms with E-state index in [1.54, 1.807) is 6.20 Å². The number of aromatic nitrogens is 1. The van der Waals surface area contributed by atoms with Gasteiger partial charge in [0, 0.05) is 38.9 Å². The van der Waals surface area contributed by atoms with E-state index in [1.165, 1.54) is 0 Å². The maximum absolute atomic E-state index is 12.0. The summed E-state index contributed by atoms with van der Waals surface area (Å²) >= 11 is 0. The van der Waals surface area contributed by atoms with Crippen molar-refractivity contribution in [2.45, 2.75) is 19.4 Å². The molecule has 106 valence electrons. The lowest BCUT2D eigenvalue weighted by molar-refractivity contribution is 0.0179. The first-order valence-electron chi connectivity index (χ1n) is 6.78. The van der Waals surface area contributed by atoms with Crippen molar-refractivity contribution in [2.75, 3.05) is 39.3 Å². The first kappa shape index (κ1) is 14.2. The van der Waals surface area contributed by atoms with E-state index in [2.05, 4.69) is 14.8 Å². The molecule has 2 heterocycles. The van der Waals surface area contributed by atoms with Gasteiger partial charge in [0.2, 0.25) is 0 Å². The number of carbonyl (C=O) groups excluding carboxylic acids is 1. The molecular formula is C14H23N3O2. The molecule has 0 unspecified atom stereocenters. The number of hydrogen-bond acceptors (Lipinski definition) is 4. The van der Waals surface area contributed by atoms with Crippen LogP contribution in [0.3, 0.4) is 0 Å². The largest absolute Gasteiger partial charge is 0.389 e. The Morgan fingerprint density at radius 1 is 1.32 bits per heavy atom. The van der Waals surface area contributed by atoms with E-state index >= 15 is 0 Å². The average Bonchev–Trinajstić information content (AvgIpc) is 2.83. The number of piperazine rings is 1. The van der Waals surface area contributed by atoms with Crippen molar-refractivity contribution in [1.29, 1.82) is 0 Å². The van der Waals surface area contributed by atoms with Crippen molar-refractivity contribution < 1.29 is 9.90 Å². The quantitative estimate of drug-likeness (QED) is 0.765. The van der Waals surface area contributed by atoms with Gasteiger partial charge < -0.3 is 10.1 Å². The number of aromatic amines is 1. The van der Waals surface area contributed by atoms with Gasteiger partial charge in [0.15, 0.2) is 5.78 Å². The van der Waals surface area contributed by atoms with Crippen LogP contribution in [0.15, 0.2) is 18.3 Å². The maximum Gasteiger partial charge on any atom is 0.192 e. The Hall–Kier alpha value is -1.17. The highest BCUT2D eigenvalue weighted by Gasteiger charge is 2.23. The fourth-order valence-electron chi connectivity index (χ4n) is 2.44. The van der Waals surface area contributed by atoms with Gasteiger partial charge >= 0.3 is 0 Å². The molecule has 0 atom stereocenters. The minimum absolute atomic E-state index is 0.140. The molecule has 0 bridgehead atoms. The summed E-state index contributed by atoms with van der Waals surface area (Å²) in [6.45, 7) is 8.37. The van der Waals surface area contributed by atoms with Crippen LogP contribution in [0.5, 0.6) is 0 Å². The monoisotopic (exact) mass is 265 g/mol. The van der Waals surface area contributed by atoms with E-state index < -0.39 is 5.60 Å². The molecule has 0 saturated carbocycles. The minimum atomic E-state index is -0.651. The van der Waals surface area contributed by atoms with Gasteiger partial charge in [-0.05, 0) is 26.0 Å². The number of hydrogen-bond donors (Lipinski definition) is 2. The zero-order valence-electron chi connectivity index (χ0n) is 11.7. The number of nitrogens with zero attached hydrogens (tertiary/aromatic N) is 2. The van der Waals surface area contributed by atoms with Gasteiger partial charge in [0.25, 0.3) is 0 Å². The zero-order valence-corrected chi connectivity index (χ0v) is 11.7. The lowest BCUT2D eigenvalue weighted by Gasteiger charge is -2.36. The molecule has 19 heavy (non-hydrogen) atoms. The Labute approximate surface area is 114 Å². The Kier molecular flexibility index (Phi) is 4.39. The van der Waals surface area contributed by atoms with Crippen molar-refractivity contribution >= 4 is 5.78 Å². The summed E-state index contributed by atoms with van der Waals surface area (Å²) in [6.07, 6.45) is 1.77. The molecule has 1 saturated heterocycles. The predicted octanol–water partition coefficient (Wildman–Crippen LogP) is 0.586. The van der Waals surface area contributed by atoms with E-state index in [9.17, 15) is 9.90 Å². The van der Waals surface area contributed by atoms with Crippen molar-refractivity contribution in [3.8, 4) is 0 Å². The number of rotatable bonds is 5. The molecular weight excluding hydrogens is 242 g/mol. The van der Waals surface area contributed by atoms with Crippen LogP contribution in [0.4, 0.5) is 0 Å². The van der Waals surface area contributed by atoms with Gasteiger partial charge in [0.05, 0.1) is 17.8 Å². The lowest BCUT2D eigenvalue weighted by Crippen LogP contribution is -2.51. The molecule has 1 fully saturated rings. The topological polar surface area (TPSA) is 59.6 Å². The van der Waals surface area contributed by atoms with Crippen LogP contribution < -0.4 is 0 Å². The Balaban J connectivity index is 1.76. The molecule has 5 nitrogen and oxygen atoms in total. The second-order valence-corrected chi connectivity index (χ2v) is 5.87. The fourth-order valence-corrected chi connectivity index (χ4v) is 2.44. The normalized spacial score (nSPS) is 18.7. The van der Waals surface area contributed by atoms with Crippen LogP contribution >= 0.6 is 0 Å². The highest BCUT2D eigenvalue weighted by Crippen LogP contribution is 2.09. The molecule has 5 heteroatoms. The second-order valence-electron chi connectivity index (χ2n) is 5.87. The van der Waals surface area contributed by atoms with Gasteiger partial charge in [-0.15, -0.1) is 0 Å². The van der Waals surface area contributed by atoms with Crippen LogP contribution in [0.2, 0.25) is 0 Å². The van der Waals surface area contributed by atoms with Gasteiger partial charge in [-0.2, -0.15) is 0 Å². The molecule has 0 amide bonds.